The molecular weight excluding hydrogens is 264 g/mol. The Kier molecular flexibility index (Phi) is 7.24. The molecule has 0 saturated carbocycles. The highest BCUT2D eigenvalue weighted by Gasteiger charge is 2.05. The van der Waals surface area contributed by atoms with Crippen LogP contribution in [0.15, 0.2) is 60.7 Å². The van der Waals surface area contributed by atoms with E-state index in [0.717, 1.165) is 5.56 Å². The summed E-state index contributed by atoms with van der Waals surface area (Å²) in [4.78, 5) is 0. The van der Waals surface area contributed by atoms with Crippen LogP contribution in [0.1, 0.15) is 23.3 Å². The van der Waals surface area contributed by atoms with Gasteiger partial charge >= 0.3 is 0 Å². The summed E-state index contributed by atoms with van der Waals surface area (Å²) in [5.74, 6) is 0. The maximum atomic E-state index is 8.97. The first-order valence-corrected chi connectivity index (χ1v) is 6.33. The molecule has 0 spiro atoms. The lowest BCUT2D eigenvalue weighted by Crippen LogP contribution is -1.96. The molecule has 0 amide bonds. The van der Waals surface area contributed by atoms with E-state index in [-0.39, 0.29) is 0 Å². The van der Waals surface area contributed by atoms with Gasteiger partial charge in [-0.15, -0.1) is 0 Å². The Morgan fingerprint density at radius 1 is 0.857 bits per heavy atom. The Morgan fingerprint density at radius 2 is 1.33 bits per heavy atom. The Labute approximate surface area is 124 Å². The van der Waals surface area contributed by atoms with Crippen LogP contribution in [0, 0.1) is 22.7 Å². The molecule has 2 unspecified atom stereocenters. The van der Waals surface area contributed by atoms with Gasteiger partial charge in [0, 0.05) is 7.11 Å². The molecule has 106 valence electrons. The molecule has 0 aliphatic carbocycles. The zero-order chi connectivity index (χ0) is 15.5. The minimum Gasteiger partial charge on any atom is -0.374 e. The van der Waals surface area contributed by atoms with E-state index in [1.165, 1.54) is 7.11 Å². The molecule has 0 aromatic heterocycles. The molecule has 0 bridgehead atoms. The summed E-state index contributed by atoms with van der Waals surface area (Å²) >= 11 is 0. The Bertz CT molecular complexity index is 600. The number of aliphatic hydroxyl groups is 1. The van der Waals surface area contributed by atoms with Gasteiger partial charge in [0.05, 0.1) is 12.1 Å². The second-order valence-electron chi connectivity index (χ2n) is 4.10. The van der Waals surface area contributed by atoms with Crippen molar-refractivity contribution < 1.29 is 9.84 Å². The van der Waals surface area contributed by atoms with Crippen molar-refractivity contribution in [2.45, 2.75) is 12.2 Å². The number of hydrogen-bond donors (Lipinski definition) is 1. The highest BCUT2D eigenvalue weighted by molar-refractivity contribution is 5.22. The average molecular weight is 280 g/mol. The average Bonchev–Trinajstić information content (AvgIpc) is 2.57. The fourth-order valence-electron chi connectivity index (χ4n) is 1.60. The minimum atomic E-state index is -0.985. The third-order valence-electron chi connectivity index (χ3n) is 2.69. The number of hydrogen-bond acceptors (Lipinski definition) is 4. The van der Waals surface area contributed by atoms with Gasteiger partial charge in [-0.3, -0.25) is 0 Å². The largest absolute Gasteiger partial charge is 0.374 e. The molecule has 2 aromatic rings. The topological polar surface area (TPSA) is 77.0 Å². The molecular formula is C17H16N2O2. The summed E-state index contributed by atoms with van der Waals surface area (Å²) in [7, 11) is 1.53. The molecule has 0 fully saturated rings. The normalized spacial score (nSPS) is 12.0. The number of nitriles is 2. The standard InChI is InChI=1S/C9H9NO.C8H7NO/c1-11-9(7-10)8-5-3-2-4-6-8;9-6-8(10)7-4-2-1-3-5-7/h2-6,9H,1H3;1-5,8,10H. The lowest BCUT2D eigenvalue weighted by molar-refractivity contribution is 0.148. The predicted octanol–water partition coefficient (Wildman–Crippen LogP) is 3.14. The van der Waals surface area contributed by atoms with Crippen LogP contribution >= 0.6 is 0 Å². The number of ether oxygens (including phenoxy) is 1. The molecule has 1 N–H and O–H groups in total. The van der Waals surface area contributed by atoms with Crippen LogP contribution in [0.2, 0.25) is 0 Å². The van der Waals surface area contributed by atoms with Gasteiger partial charge in [-0.25, -0.2) is 0 Å². The summed E-state index contributed by atoms with van der Waals surface area (Å²) in [5.41, 5.74) is 1.54. The molecule has 2 aromatic carbocycles. The maximum absolute atomic E-state index is 8.97. The maximum Gasteiger partial charge on any atom is 0.168 e. The number of methoxy groups -OCH3 is 1. The van der Waals surface area contributed by atoms with E-state index in [1.807, 2.05) is 42.5 Å². The quantitative estimate of drug-likeness (QED) is 0.876. The van der Waals surface area contributed by atoms with E-state index in [4.69, 9.17) is 20.4 Å². The van der Waals surface area contributed by atoms with Crippen molar-refractivity contribution in [1.82, 2.24) is 0 Å². The SMILES string of the molecule is COC(C#N)c1ccccc1.N#CC(O)c1ccccc1. The van der Waals surface area contributed by atoms with Crippen molar-refractivity contribution in [3.05, 3.63) is 71.8 Å². The summed E-state index contributed by atoms with van der Waals surface area (Å²) in [5, 5.41) is 25.9. The highest BCUT2D eigenvalue weighted by Crippen LogP contribution is 2.13. The molecule has 4 heteroatoms. The lowest BCUT2D eigenvalue weighted by Gasteiger charge is -2.05. The van der Waals surface area contributed by atoms with Crippen molar-refractivity contribution in [2.75, 3.05) is 7.11 Å². The van der Waals surface area contributed by atoms with Gasteiger partial charge in [-0.1, -0.05) is 60.7 Å². The van der Waals surface area contributed by atoms with E-state index in [0.29, 0.717) is 5.56 Å². The minimum absolute atomic E-state index is 0.434. The van der Waals surface area contributed by atoms with Crippen LogP contribution in [0.5, 0.6) is 0 Å². The zero-order valence-corrected chi connectivity index (χ0v) is 11.7. The van der Waals surface area contributed by atoms with Crippen molar-refractivity contribution in [1.29, 1.82) is 10.5 Å². The van der Waals surface area contributed by atoms with Gasteiger partial charge in [-0.2, -0.15) is 10.5 Å². The van der Waals surface area contributed by atoms with Crippen molar-refractivity contribution in [2.24, 2.45) is 0 Å². The molecule has 21 heavy (non-hydrogen) atoms. The zero-order valence-electron chi connectivity index (χ0n) is 11.7. The number of benzene rings is 2. The third kappa shape index (κ3) is 5.46. The Balaban J connectivity index is 0.000000211. The molecule has 2 atom stereocenters. The van der Waals surface area contributed by atoms with E-state index in [1.54, 1.807) is 30.3 Å². The molecule has 0 radical (unpaired) electrons. The summed E-state index contributed by atoms with van der Waals surface area (Å²) in [6.45, 7) is 0. The molecule has 2 rings (SSSR count). The second-order valence-corrected chi connectivity index (χ2v) is 4.10. The number of rotatable bonds is 3. The van der Waals surface area contributed by atoms with Gasteiger partial charge in [-0.05, 0) is 11.1 Å². The molecule has 0 aliphatic rings. The molecule has 4 nitrogen and oxygen atoms in total. The molecule has 0 heterocycles. The van der Waals surface area contributed by atoms with Crippen LogP contribution in [0.3, 0.4) is 0 Å². The highest BCUT2D eigenvalue weighted by atomic mass is 16.5. The van der Waals surface area contributed by atoms with E-state index in [9.17, 15) is 0 Å². The first kappa shape index (κ1) is 16.4. The van der Waals surface area contributed by atoms with E-state index in [2.05, 4.69) is 0 Å². The number of aliphatic hydroxyl groups excluding tert-OH is 1. The molecule has 0 saturated heterocycles. The third-order valence-corrected chi connectivity index (χ3v) is 2.69. The van der Waals surface area contributed by atoms with Crippen LogP contribution in [0.25, 0.3) is 0 Å². The fourth-order valence-corrected chi connectivity index (χ4v) is 1.60. The fraction of sp³-hybridized carbons (Fsp3) is 0.176. The summed E-state index contributed by atoms with van der Waals surface area (Å²) in [6, 6.07) is 22.1. The van der Waals surface area contributed by atoms with Crippen molar-refractivity contribution in [3.63, 3.8) is 0 Å². The Hall–Kier alpha value is -2.66. The Morgan fingerprint density at radius 3 is 1.71 bits per heavy atom. The summed E-state index contributed by atoms with van der Waals surface area (Å²) in [6.07, 6.45) is -1.42. The van der Waals surface area contributed by atoms with Crippen LogP contribution in [-0.2, 0) is 4.74 Å². The molecule has 0 aliphatic heterocycles. The van der Waals surface area contributed by atoms with E-state index < -0.39 is 12.2 Å². The smallest absolute Gasteiger partial charge is 0.168 e. The van der Waals surface area contributed by atoms with Gasteiger partial charge in [0.1, 0.15) is 0 Å². The van der Waals surface area contributed by atoms with E-state index >= 15 is 0 Å². The van der Waals surface area contributed by atoms with Crippen LogP contribution < -0.4 is 0 Å². The van der Waals surface area contributed by atoms with Crippen molar-refractivity contribution in [3.8, 4) is 12.1 Å². The number of nitrogens with zero attached hydrogens (tertiary/aromatic N) is 2. The second kappa shape index (κ2) is 9.28. The van der Waals surface area contributed by atoms with Gasteiger partial charge in [0.25, 0.3) is 0 Å². The monoisotopic (exact) mass is 280 g/mol. The first-order valence-electron chi connectivity index (χ1n) is 6.33. The van der Waals surface area contributed by atoms with Gasteiger partial charge in [0.2, 0.25) is 0 Å². The predicted molar refractivity (Wildman–Crippen MR) is 78.8 cm³/mol. The van der Waals surface area contributed by atoms with Crippen molar-refractivity contribution >= 4 is 0 Å². The van der Waals surface area contributed by atoms with Crippen LogP contribution in [-0.4, -0.2) is 12.2 Å². The van der Waals surface area contributed by atoms with Crippen LogP contribution in [0.4, 0.5) is 0 Å². The van der Waals surface area contributed by atoms with Gasteiger partial charge in [0.15, 0.2) is 12.2 Å². The first-order chi connectivity index (χ1) is 10.2. The summed E-state index contributed by atoms with van der Waals surface area (Å²) < 4.78 is 4.92. The lowest BCUT2D eigenvalue weighted by atomic mass is 10.1. The van der Waals surface area contributed by atoms with Gasteiger partial charge < -0.3 is 9.84 Å².